The molecule has 25 heavy (non-hydrogen) atoms. The summed E-state index contributed by atoms with van der Waals surface area (Å²) >= 11 is 0. The van der Waals surface area contributed by atoms with Crippen LogP contribution < -0.4 is 14.8 Å². The number of carbonyl (C=O) groups excluding carboxylic acids is 1. The molecule has 6 nitrogen and oxygen atoms in total. The van der Waals surface area contributed by atoms with Crippen LogP contribution in [0.1, 0.15) is 19.8 Å². The summed E-state index contributed by atoms with van der Waals surface area (Å²) < 4.78 is 11.5. The van der Waals surface area contributed by atoms with Crippen molar-refractivity contribution in [3.63, 3.8) is 0 Å². The quantitative estimate of drug-likeness (QED) is 0.903. The van der Waals surface area contributed by atoms with Crippen LogP contribution in [0.25, 0.3) is 0 Å². The summed E-state index contributed by atoms with van der Waals surface area (Å²) in [5, 5.41) is 2.95. The Morgan fingerprint density at radius 3 is 2.88 bits per heavy atom. The van der Waals surface area contributed by atoms with Gasteiger partial charge < -0.3 is 19.7 Å². The first-order valence-electron chi connectivity index (χ1n) is 8.60. The molecule has 0 unspecified atom stereocenters. The van der Waals surface area contributed by atoms with Crippen LogP contribution in [0, 0.1) is 0 Å². The highest BCUT2D eigenvalue weighted by molar-refractivity contribution is 5.91. The van der Waals surface area contributed by atoms with Crippen LogP contribution in [0.2, 0.25) is 0 Å². The Bertz CT molecular complexity index is 693. The summed E-state index contributed by atoms with van der Waals surface area (Å²) in [6.45, 7) is 3.76. The van der Waals surface area contributed by atoms with Crippen LogP contribution in [0.5, 0.6) is 11.5 Å². The Balaban J connectivity index is 1.60. The molecule has 2 heterocycles. The van der Waals surface area contributed by atoms with Crippen molar-refractivity contribution in [1.29, 1.82) is 0 Å². The first-order chi connectivity index (χ1) is 12.3. The predicted octanol–water partition coefficient (Wildman–Crippen LogP) is 3.56. The average molecular weight is 341 g/mol. The molecule has 0 radical (unpaired) electrons. The molecule has 1 aliphatic rings. The summed E-state index contributed by atoms with van der Waals surface area (Å²) in [5.41, 5.74) is 0.687. The number of carbonyl (C=O) groups is 1. The molecule has 0 bridgehead atoms. The van der Waals surface area contributed by atoms with Crippen molar-refractivity contribution >= 4 is 11.7 Å². The fourth-order valence-corrected chi connectivity index (χ4v) is 2.87. The van der Waals surface area contributed by atoms with E-state index in [4.69, 9.17) is 9.47 Å². The number of ether oxygens (including phenoxy) is 2. The number of benzene rings is 1. The SMILES string of the molecule is CCOc1ccccc1NC(=O)N1CCC[C@@H](Oc2ccncc2)C1. The minimum Gasteiger partial charge on any atom is -0.492 e. The normalized spacial score (nSPS) is 17.0. The zero-order chi connectivity index (χ0) is 17.5. The second-order valence-electron chi connectivity index (χ2n) is 5.87. The third kappa shape index (κ3) is 4.62. The molecule has 1 aromatic carbocycles. The van der Waals surface area contributed by atoms with E-state index in [0.29, 0.717) is 24.6 Å². The van der Waals surface area contributed by atoms with Gasteiger partial charge >= 0.3 is 6.03 Å². The number of pyridine rings is 1. The van der Waals surface area contributed by atoms with E-state index in [9.17, 15) is 4.79 Å². The maximum Gasteiger partial charge on any atom is 0.322 e. The number of rotatable bonds is 5. The number of amides is 2. The van der Waals surface area contributed by atoms with Crippen LogP contribution in [0.15, 0.2) is 48.8 Å². The second kappa shape index (κ2) is 8.37. The van der Waals surface area contributed by atoms with Gasteiger partial charge in [0.05, 0.1) is 18.8 Å². The molecule has 1 aromatic heterocycles. The van der Waals surface area contributed by atoms with Gasteiger partial charge in [-0.3, -0.25) is 4.98 Å². The molecule has 1 saturated heterocycles. The van der Waals surface area contributed by atoms with Crippen LogP contribution in [-0.2, 0) is 0 Å². The molecule has 0 aliphatic carbocycles. The highest BCUT2D eigenvalue weighted by Gasteiger charge is 2.25. The van der Waals surface area contributed by atoms with E-state index >= 15 is 0 Å². The molecule has 0 spiro atoms. The Morgan fingerprint density at radius 2 is 2.08 bits per heavy atom. The third-order valence-electron chi connectivity index (χ3n) is 4.05. The van der Waals surface area contributed by atoms with E-state index in [0.717, 1.165) is 25.1 Å². The first kappa shape index (κ1) is 17.1. The molecule has 1 N–H and O–H groups in total. The number of urea groups is 1. The summed E-state index contributed by atoms with van der Waals surface area (Å²) in [6.07, 6.45) is 5.24. The molecule has 0 saturated carbocycles. The van der Waals surface area contributed by atoms with Gasteiger partial charge in [0.15, 0.2) is 0 Å². The van der Waals surface area contributed by atoms with Crippen LogP contribution >= 0.6 is 0 Å². The van der Waals surface area contributed by atoms with E-state index in [1.54, 1.807) is 17.3 Å². The maximum absolute atomic E-state index is 12.6. The number of likely N-dealkylation sites (tertiary alicyclic amines) is 1. The van der Waals surface area contributed by atoms with E-state index < -0.39 is 0 Å². The Hall–Kier alpha value is -2.76. The number of piperidine rings is 1. The third-order valence-corrected chi connectivity index (χ3v) is 4.05. The standard InChI is InChI=1S/C19H23N3O3/c1-2-24-18-8-4-3-7-17(18)21-19(23)22-13-5-6-16(14-22)25-15-9-11-20-12-10-15/h3-4,7-12,16H,2,5-6,13-14H2,1H3,(H,21,23)/t16-/m1/s1. The van der Waals surface area contributed by atoms with Crippen LogP contribution in [0.3, 0.4) is 0 Å². The van der Waals surface area contributed by atoms with Gasteiger partial charge in [-0.1, -0.05) is 12.1 Å². The molecule has 6 heteroatoms. The maximum atomic E-state index is 12.6. The Kier molecular flexibility index (Phi) is 5.72. The van der Waals surface area contributed by atoms with Crippen molar-refractivity contribution in [2.24, 2.45) is 0 Å². The van der Waals surface area contributed by atoms with E-state index in [1.807, 2.05) is 43.3 Å². The smallest absolute Gasteiger partial charge is 0.322 e. The number of nitrogens with zero attached hydrogens (tertiary/aromatic N) is 2. The minimum absolute atomic E-state index is 0.0102. The van der Waals surface area contributed by atoms with Gasteiger partial charge in [-0.15, -0.1) is 0 Å². The molecular formula is C19H23N3O3. The van der Waals surface area contributed by atoms with Crippen molar-refractivity contribution in [2.45, 2.75) is 25.9 Å². The molecule has 3 rings (SSSR count). The van der Waals surface area contributed by atoms with Gasteiger partial charge in [-0.05, 0) is 44.0 Å². The van der Waals surface area contributed by atoms with Crippen LogP contribution in [-0.4, -0.2) is 41.7 Å². The molecule has 1 aliphatic heterocycles. The topological polar surface area (TPSA) is 63.7 Å². The van der Waals surface area contributed by atoms with Gasteiger partial charge in [0.25, 0.3) is 0 Å². The van der Waals surface area contributed by atoms with Gasteiger partial charge in [0.1, 0.15) is 17.6 Å². The molecular weight excluding hydrogens is 318 g/mol. The number of aromatic nitrogens is 1. The highest BCUT2D eigenvalue weighted by atomic mass is 16.5. The van der Waals surface area contributed by atoms with Crippen molar-refractivity contribution in [2.75, 3.05) is 25.0 Å². The largest absolute Gasteiger partial charge is 0.492 e. The summed E-state index contributed by atoms with van der Waals surface area (Å²) in [4.78, 5) is 18.4. The Morgan fingerprint density at radius 1 is 1.28 bits per heavy atom. The van der Waals surface area contributed by atoms with Gasteiger partial charge in [-0.2, -0.15) is 0 Å². The summed E-state index contributed by atoms with van der Waals surface area (Å²) in [6, 6.07) is 11.0. The molecule has 2 aromatic rings. The van der Waals surface area contributed by atoms with E-state index in [-0.39, 0.29) is 12.1 Å². The lowest BCUT2D eigenvalue weighted by atomic mass is 10.1. The second-order valence-corrected chi connectivity index (χ2v) is 5.87. The van der Waals surface area contributed by atoms with Crippen molar-refractivity contribution in [3.8, 4) is 11.5 Å². The Labute approximate surface area is 147 Å². The lowest BCUT2D eigenvalue weighted by Gasteiger charge is -2.33. The molecule has 1 fully saturated rings. The fraction of sp³-hybridized carbons (Fsp3) is 0.368. The molecule has 2 amide bonds. The first-order valence-corrected chi connectivity index (χ1v) is 8.60. The zero-order valence-electron chi connectivity index (χ0n) is 14.4. The number of hydrogen-bond donors (Lipinski definition) is 1. The van der Waals surface area contributed by atoms with Gasteiger partial charge in [0.2, 0.25) is 0 Å². The average Bonchev–Trinajstić information content (AvgIpc) is 2.64. The summed E-state index contributed by atoms with van der Waals surface area (Å²) in [5.74, 6) is 1.46. The number of anilines is 1. The number of para-hydroxylation sites is 2. The van der Waals surface area contributed by atoms with Gasteiger partial charge in [0, 0.05) is 18.9 Å². The number of hydrogen-bond acceptors (Lipinski definition) is 4. The summed E-state index contributed by atoms with van der Waals surface area (Å²) in [7, 11) is 0. The highest BCUT2D eigenvalue weighted by Crippen LogP contribution is 2.25. The molecule has 132 valence electrons. The minimum atomic E-state index is -0.129. The van der Waals surface area contributed by atoms with Crippen LogP contribution in [0.4, 0.5) is 10.5 Å². The molecule has 1 atom stereocenters. The lowest BCUT2D eigenvalue weighted by Crippen LogP contribution is -2.46. The van der Waals surface area contributed by atoms with E-state index in [1.165, 1.54) is 0 Å². The number of nitrogens with one attached hydrogen (secondary N) is 1. The zero-order valence-corrected chi connectivity index (χ0v) is 14.4. The lowest BCUT2D eigenvalue weighted by molar-refractivity contribution is 0.106. The predicted molar refractivity (Wildman–Crippen MR) is 96.1 cm³/mol. The van der Waals surface area contributed by atoms with E-state index in [2.05, 4.69) is 10.3 Å². The van der Waals surface area contributed by atoms with Crippen molar-refractivity contribution in [1.82, 2.24) is 9.88 Å². The van der Waals surface area contributed by atoms with Crippen molar-refractivity contribution < 1.29 is 14.3 Å². The fourth-order valence-electron chi connectivity index (χ4n) is 2.87. The monoisotopic (exact) mass is 341 g/mol. The van der Waals surface area contributed by atoms with Gasteiger partial charge in [-0.25, -0.2) is 4.79 Å². The van der Waals surface area contributed by atoms with Crippen molar-refractivity contribution in [3.05, 3.63) is 48.8 Å².